The zero-order valence-corrected chi connectivity index (χ0v) is 18.5. The van der Waals surface area contributed by atoms with Gasteiger partial charge in [0.2, 0.25) is 0 Å². The van der Waals surface area contributed by atoms with Crippen LogP contribution in [0.2, 0.25) is 0 Å². The molecule has 1 saturated heterocycles. The van der Waals surface area contributed by atoms with Crippen molar-refractivity contribution >= 4 is 28.8 Å². The topological polar surface area (TPSA) is 45.1 Å². The molecule has 158 valence electrons. The zero-order chi connectivity index (χ0) is 21.7. The van der Waals surface area contributed by atoms with Crippen molar-refractivity contribution < 1.29 is 9.84 Å². The highest BCUT2D eigenvalue weighted by Gasteiger charge is 2.44. The molecule has 31 heavy (non-hydrogen) atoms. The van der Waals surface area contributed by atoms with E-state index < -0.39 is 5.72 Å². The number of aliphatic imine (C=N–C) groups is 1. The fourth-order valence-corrected chi connectivity index (χ4v) is 4.91. The maximum Gasteiger partial charge on any atom is 0.178 e. The molecule has 0 aliphatic carbocycles. The molecule has 1 N–H and O–H groups in total. The van der Waals surface area contributed by atoms with Crippen molar-refractivity contribution in [1.82, 2.24) is 0 Å². The summed E-state index contributed by atoms with van der Waals surface area (Å²) in [5.41, 5.74) is 2.42. The van der Waals surface area contributed by atoms with E-state index in [1.165, 1.54) is 0 Å². The number of hydrogen-bond donors (Lipinski definition) is 1. The standard InChI is InChI=1S/C26H26N2O2S/c1-3-30-24-16-14-22(15-17-24)27-20(2)18-25-28(23-12-8-5-9-13-23)26(29,19-31-25)21-10-6-4-7-11-21/h4-18,29H,3,19H2,1-2H3/b25-18+,27-20?/t26-/m0/s1. The fourth-order valence-electron chi connectivity index (χ4n) is 3.63. The Morgan fingerprint density at radius 1 is 1.03 bits per heavy atom. The molecular weight excluding hydrogens is 404 g/mol. The van der Waals surface area contributed by atoms with Gasteiger partial charge in [-0.15, -0.1) is 11.8 Å². The van der Waals surface area contributed by atoms with Crippen LogP contribution in [0, 0.1) is 0 Å². The second-order valence-electron chi connectivity index (χ2n) is 7.30. The van der Waals surface area contributed by atoms with Gasteiger partial charge in [-0.25, -0.2) is 0 Å². The Kier molecular flexibility index (Phi) is 6.44. The van der Waals surface area contributed by atoms with Crippen LogP contribution in [-0.2, 0) is 5.72 Å². The van der Waals surface area contributed by atoms with Crippen molar-refractivity contribution in [2.75, 3.05) is 17.3 Å². The third-order valence-electron chi connectivity index (χ3n) is 5.05. The fraction of sp³-hybridized carbons (Fsp3) is 0.192. The van der Waals surface area contributed by atoms with Crippen LogP contribution in [0.25, 0.3) is 0 Å². The Bertz CT molecular complexity index is 1070. The minimum atomic E-state index is -1.13. The summed E-state index contributed by atoms with van der Waals surface area (Å²) in [5, 5.41) is 12.7. The maximum absolute atomic E-state index is 11.7. The zero-order valence-electron chi connectivity index (χ0n) is 17.7. The van der Waals surface area contributed by atoms with Gasteiger partial charge < -0.3 is 14.7 Å². The Hall–Kier alpha value is -3.02. The summed E-state index contributed by atoms with van der Waals surface area (Å²) in [6.45, 7) is 4.59. The molecule has 0 radical (unpaired) electrons. The van der Waals surface area contributed by atoms with Crippen molar-refractivity contribution in [2.45, 2.75) is 19.6 Å². The predicted molar refractivity (Wildman–Crippen MR) is 130 cm³/mol. The largest absolute Gasteiger partial charge is 0.494 e. The average Bonchev–Trinajstić information content (AvgIpc) is 3.13. The smallest absolute Gasteiger partial charge is 0.178 e. The number of ether oxygens (including phenoxy) is 1. The van der Waals surface area contributed by atoms with E-state index in [1.54, 1.807) is 11.8 Å². The Labute approximate surface area is 187 Å². The lowest BCUT2D eigenvalue weighted by Crippen LogP contribution is -2.42. The van der Waals surface area contributed by atoms with Crippen LogP contribution in [-0.4, -0.2) is 23.2 Å². The number of hydrogen-bond acceptors (Lipinski definition) is 5. The highest BCUT2D eigenvalue weighted by molar-refractivity contribution is 8.03. The van der Waals surface area contributed by atoms with Crippen molar-refractivity contribution in [3.63, 3.8) is 0 Å². The van der Waals surface area contributed by atoms with Crippen LogP contribution in [0.1, 0.15) is 19.4 Å². The van der Waals surface area contributed by atoms with Crippen LogP contribution in [0.3, 0.4) is 0 Å². The molecule has 0 amide bonds. The number of para-hydroxylation sites is 1. The van der Waals surface area contributed by atoms with E-state index in [0.717, 1.165) is 33.4 Å². The molecule has 3 aromatic rings. The highest BCUT2D eigenvalue weighted by atomic mass is 32.2. The molecule has 1 fully saturated rings. The first kappa shape index (κ1) is 21.2. The van der Waals surface area contributed by atoms with E-state index in [1.807, 2.05) is 110 Å². The minimum Gasteiger partial charge on any atom is -0.494 e. The second-order valence-corrected chi connectivity index (χ2v) is 8.30. The molecule has 5 heteroatoms. The number of anilines is 1. The van der Waals surface area contributed by atoms with Gasteiger partial charge in [-0.2, -0.15) is 0 Å². The predicted octanol–water partition coefficient (Wildman–Crippen LogP) is 6.12. The summed E-state index contributed by atoms with van der Waals surface area (Å²) >= 11 is 1.63. The van der Waals surface area contributed by atoms with Gasteiger partial charge in [0.1, 0.15) is 5.75 Å². The summed E-state index contributed by atoms with van der Waals surface area (Å²) in [7, 11) is 0. The number of allylic oxidation sites excluding steroid dienone is 1. The Balaban J connectivity index is 1.68. The van der Waals surface area contributed by atoms with Crippen molar-refractivity contribution in [3.8, 4) is 5.75 Å². The molecular formula is C26H26N2O2S. The van der Waals surface area contributed by atoms with E-state index in [2.05, 4.69) is 0 Å². The van der Waals surface area contributed by atoms with Gasteiger partial charge in [0.25, 0.3) is 0 Å². The quantitative estimate of drug-likeness (QED) is 0.479. The first-order chi connectivity index (χ1) is 15.1. The molecule has 1 aliphatic rings. The van der Waals surface area contributed by atoms with Crippen LogP contribution in [0.4, 0.5) is 11.4 Å². The molecule has 1 atom stereocenters. The number of rotatable bonds is 6. The number of aliphatic hydroxyl groups is 1. The van der Waals surface area contributed by atoms with E-state index >= 15 is 0 Å². The van der Waals surface area contributed by atoms with Gasteiger partial charge in [-0.1, -0.05) is 48.5 Å². The summed E-state index contributed by atoms with van der Waals surface area (Å²) in [6.07, 6.45) is 2.04. The summed E-state index contributed by atoms with van der Waals surface area (Å²) in [6, 6.07) is 27.6. The summed E-state index contributed by atoms with van der Waals surface area (Å²) in [4.78, 5) is 6.74. The van der Waals surface area contributed by atoms with Crippen LogP contribution < -0.4 is 9.64 Å². The minimum absolute atomic E-state index is 0.536. The Morgan fingerprint density at radius 3 is 2.32 bits per heavy atom. The maximum atomic E-state index is 11.7. The normalized spacial score (nSPS) is 20.3. The molecule has 3 aromatic carbocycles. The van der Waals surface area contributed by atoms with E-state index in [4.69, 9.17) is 9.73 Å². The van der Waals surface area contributed by atoms with Gasteiger partial charge in [0, 0.05) is 17.0 Å². The van der Waals surface area contributed by atoms with Crippen molar-refractivity contribution in [3.05, 3.63) is 102 Å². The molecule has 4 rings (SSSR count). The molecule has 0 spiro atoms. The summed E-state index contributed by atoms with van der Waals surface area (Å²) in [5.74, 6) is 1.38. The summed E-state index contributed by atoms with van der Waals surface area (Å²) < 4.78 is 5.50. The second kappa shape index (κ2) is 9.41. The van der Waals surface area contributed by atoms with Crippen LogP contribution >= 0.6 is 11.8 Å². The van der Waals surface area contributed by atoms with Crippen LogP contribution in [0.15, 0.2) is 101 Å². The Morgan fingerprint density at radius 2 is 1.68 bits per heavy atom. The molecule has 0 saturated carbocycles. The molecule has 0 aromatic heterocycles. The average molecular weight is 431 g/mol. The lowest BCUT2D eigenvalue weighted by molar-refractivity contribution is 0.0721. The molecule has 1 aliphatic heterocycles. The van der Waals surface area contributed by atoms with Crippen LogP contribution in [0.5, 0.6) is 5.75 Å². The van der Waals surface area contributed by atoms with Crippen molar-refractivity contribution in [2.24, 2.45) is 4.99 Å². The highest BCUT2D eigenvalue weighted by Crippen LogP contribution is 2.47. The SMILES string of the molecule is CCOc1ccc(N=C(C)/C=C2/SC[C@](O)(c3ccccc3)N2c2ccccc2)cc1. The number of thioether (sulfide) groups is 1. The first-order valence-corrected chi connectivity index (χ1v) is 11.3. The molecule has 4 nitrogen and oxygen atoms in total. The van der Waals surface area contributed by atoms with Gasteiger partial charge in [-0.3, -0.25) is 4.99 Å². The van der Waals surface area contributed by atoms with Gasteiger partial charge in [-0.05, 0) is 56.3 Å². The van der Waals surface area contributed by atoms with Crippen molar-refractivity contribution in [1.29, 1.82) is 0 Å². The lowest BCUT2D eigenvalue weighted by Gasteiger charge is -2.35. The van der Waals surface area contributed by atoms with Gasteiger partial charge in [0.05, 0.1) is 23.1 Å². The number of benzene rings is 3. The third kappa shape index (κ3) is 4.68. The van der Waals surface area contributed by atoms with Gasteiger partial charge in [0.15, 0.2) is 5.72 Å². The van der Waals surface area contributed by atoms with E-state index in [9.17, 15) is 5.11 Å². The molecule has 1 heterocycles. The lowest BCUT2D eigenvalue weighted by atomic mass is 10.0. The first-order valence-electron chi connectivity index (χ1n) is 10.4. The molecule has 0 unspecified atom stereocenters. The van der Waals surface area contributed by atoms with Gasteiger partial charge >= 0.3 is 0 Å². The number of nitrogens with zero attached hydrogens (tertiary/aromatic N) is 2. The van der Waals surface area contributed by atoms with E-state index in [0.29, 0.717) is 12.4 Å². The molecule has 0 bridgehead atoms. The monoisotopic (exact) mass is 430 g/mol. The third-order valence-corrected chi connectivity index (χ3v) is 6.19. The van der Waals surface area contributed by atoms with E-state index in [-0.39, 0.29) is 0 Å².